The zero-order valence-corrected chi connectivity index (χ0v) is 25.4. The summed E-state index contributed by atoms with van der Waals surface area (Å²) in [5, 5.41) is 1.41. The number of alkyl halides is 4. The molecule has 3 aromatic rings. The molecule has 0 bridgehead atoms. The molecule has 0 aromatic heterocycles. The van der Waals surface area contributed by atoms with Crippen molar-refractivity contribution in [2.75, 3.05) is 18.0 Å². The van der Waals surface area contributed by atoms with Crippen molar-refractivity contribution in [2.24, 2.45) is 0 Å². The van der Waals surface area contributed by atoms with Crippen LogP contribution in [0.15, 0.2) is 54.6 Å². The maximum atomic E-state index is 13.8. The number of benzene rings is 3. The fraction of sp³-hybridized carbons (Fsp3) is 0.367. The van der Waals surface area contributed by atoms with Gasteiger partial charge in [-0.05, 0) is 57.8 Å². The lowest BCUT2D eigenvalue weighted by Gasteiger charge is -2.45. The highest BCUT2D eigenvalue weighted by atomic mass is 32.2. The number of nitrogens with zero attached hydrogens (tertiary/aromatic N) is 1. The summed E-state index contributed by atoms with van der Waals surface area (Å²) < 4.78 is 87.9. The Morgan fingerprint density at radius 1 is 0.929 bits per heavy atom. The van der Waals surface area contributed by atoms with E-state index in [0.29, 0.717) is 21.9 Å². The zero-order chi connectivity index (χ0) is 30.6. The smallest absolute Gasteiger partial charge is 0.441 e. The largest absolute Gasteiger partial charge is 0.534 e. The molecule has 1 spiro atoms. The van der Waals surface area contributed by atoms with Gasteiger partial charge in [-0.15, -0.1) is 0 Å². The third-order valence-corrected chi connectivity index (χ3v) is 13.0. The number of ether oxygens (including phenoxy) is 1. The second kappa shape index (κ2) is 8.82. The molecule has 0 amide bonds. The summed E-state index contributed by atoms with van der Waals surface area (Å²) in [4.78, 5) is 15.3. The van der Waals surface area contributed by atoms with E-state index in [1.54, 1.807) is 6.07 Å². The molecule has 1 atom stereocenters. The number of fused-ring (bicyclic) bond motifs is 6. The van der Waals surface area contributed by atoms with Crippen LogP contribution in [0, 0.1) is 0 Å². The Labute approximate surface area is 242 Å². The minimum Gasteiger partial charge on any atom is -0.441 e. The van der Waals surface area contributed by atoms with Crippen LogP contribution in [-0.4, -0.2) is 47.2 Å². The van der Waals surface area contributed by atoms with Crippen molar-refractivity contribution in [3.63, 3.8) is 0 Å². The summed E-state index contributed by atoms with van der Waals surface area (Å²) in [7, 11) is -8.74. The first-order chi connectivity index (χ1) is 19.4. The molecular formula is C30H29F4NO5SSi. The average molecular weight is 620 g/mol. The molecule has 1 fully saturated rings. The summed E-state index contributed by atoms with van der Waals surface area (Å²) in [6, 6.07) is 15.2. The van der Waals surface area contributed by atoms with E-state index in [9.17, 15) is 30.8 Å². The van der Waals surface area contributed by atoms with Gasteiger partial charge in [0.2, 0.25) is 0 Å². The van der Waals surface area contributed by atoms with Gasteiger partial charge in [0.1, 0.15) is 20.0 Å². The standard InChI is InChI=1S/C30H29F4NO5SSi/c1-28(2,3)17-6-9-21-24(12-17)29(39-27(21)36)22-10-7-19(35-15-18(31)16-35)13-25(22)42(4,5)26-14-20(8-11-23(26)29)40-41(37,38)30(32,33)34/h6-14,18H,15-16H2,1-5H3. The van der Waals surface area contributed by atoms with E-state index in [1.165, 1.54) is 12.1 Å². The average Bonchev–Trinajstić information content (AvgIpc) is 3.16. The third kappa shape index (κ3) is 4.09. The second-order valence-electron chi connectivity index (χ2n) is 12.6. The number of anilines is 1. The lowest BCUT2D eigenvalue weighted by atomic mass is 9.76. The van der Waals surface area contributed by atoms with Crippen LogP contribution in [0.5, 0.6) is 5.75 Å². The molecule has 6 rings (SSSR count). The van der Waals surface area contributed by atoms with Crippen molar-refractivity contribution in [1.82, 2.24) is 0 Å². The van der Waals surface area contributed by atoms with Crippen molar-refractivity contribution in [1.29, 1.82) is 0 Å². The van der Waals surface area contributed by atoms with E-state index >= 15 is 0 Å². The Kier molecular flexibility index (Phi) is 6.03. The summed E-state index contributed by atoms with van der Waals surface area (Å²) in [6.45, 7) is 10.6. The highest BCUT2D eigenvalue weighted by molar-refractivity contribution is 7.88. The molecule has 42 heavy (non-hydrogen) atoms. The Morgan fingerprint density at radius 2 is 1.55 bits per heavy atom. The Morgan fingerprint density at radius 3 is 2.14 bits per heavy atom. The fourth-order valence-electron chi connectivity index (χ4n) is 6.18. The highest BCUT2D eigenvalue weighted by Gasteiger charge is 2.57. The number of hydrogen-bond donors (Lipinski definition) is 0. The van der Waals surface area contributed by atoms with Gasteiger partial charge in [-0.25, -0.2) is 9.18 Å². The van der Waals surface area contributed by atoms with Crippen molar-refractivity contribution in [3.8, 4) is 5.75 Å². The molecule has 6 nitrogen and oxygen atoms in total. The van der Waals surface area contributed by atoms with Crippen LogP contribution in [0.1, 0.15) is 53.4 Å². The number of hydrogen-bond acceptors (Lipinski definition) is 6. The summed E-state index contributed by atoms with van der Waals surface area (Å²) >= 11 is 0. The molecule has 3 aromatic carbocycles. The molecule has 222 valence electrons. The van der Waals surface area contributed by atoms with Crippen molar-refractivity contribution in [3.05, 3.63) is 82.4 Å². The number of rotatable bonds is 3. The number of carbonyl (C=O) groups is 1. The van der Waals surface area contributed by atoms with Crippen LogP contribution < -0.4 is 19.5 Å². The van der Waals surface area contributed by atoms with Crippen LogP contribution in [0.4, 0.5) is 23.2 Å². The van der Waals surface area contributed by atoms with Gasteiger partial charge in [0.25, 0.3) is 0 Å². The predicted octanol–water partition coefficient (Wildman–Crippen LogP) is 4.97. The van der Waals surface area contributed by atoms with Crippen molar-refractivity contribution in [2.45, 2.75) is 56.6 Å². The molecule has 0 saturated carbocycles. The summed E-state index contributed by atoms with van der Waals surface area (Å²) in [6.07, 6.45) is -0.938. The summed E-state index contributed by atoms with van der Waals surface area (Å²) in [5.41, 5.74) is -3.34. The van der Waals surface area contributed by atoms with Gasteiger partial charge in [-0.1, -0.05) is 52.1 Å². The molecule has 0 aliphatic carbocycles. The first kappa shape index (κ1) is 28.7. The lowest BCUT2D eigenvalue weighted by molar-refractivity contribution is -0.0500. The van der Waals surface area contributed by atoms with Crippen molar-refractivity contribution < 1.29 is 39.7 Å². The Bertz CT molecular complexity index is 1760. The number of carbonyl (C=O) groups excluding carboxylic acids is 1. The minimum atomic E-state index is -5.91. The molecule has 3 heterocycles. The second-order valence-corrected chi connectivity index (χ2v) is 18.5. The van der Waals surface area contributed by atoms with E-state index in [0.717, 1.165) is 28.1 Å². The highest BCUT2D eigenvalue weighted by Crippen LogP contribution is 2.50. The van der Waals surface area contributed by atoms with E-state index in [-0.39, 0.29) is 18.5 Å². The normalized spacial score (nSPS) is 21.4. The van der Waals surface area contributed by atoms with Crippen LogP contribution in [0.3, 0.4) is 0 Å². The molecule has 1 unspecified atom stereocenters. The van der Waals surface area contributed by atoms with E-state index in [4.69, 9.17) is 4.74 Å². The molecule has 3 aliphatic rings. The summed E-state index contributed by atoms with van der Waals surface area (Å²) in [5.74, 6) is -1.03. The first-order valence-electron chi connectivity index (χ1n) is 13.4. The molecule has 3 aliphatic heterocycles. The quantitative estimate of drug-likeness (QED) is 0.136. The number of halogens is 4. The molecule has 0 N–H and O–H groups in total. The van der Waals surface area contributed by atoms with Gasteiger partial charge in [0.15, 0.2) is 5.60 Å². The van der Waals surface area contributed by atoms with Gasteiger partial charge in [0, 0.05) is 22.4 Å². The van der Waals surface area contributed by atoms with E-state index < -0.39 is 47.2 Å². The van der Waals surface area contributed by atoms with Gasteiger partial charge >= 0.3 is 21.6 Å². The lowest BCUT2D eigenvalue weighted by Crippen LogP contribution is -2.63. The van der Waals surface area contributed by atoms with E-state index in [2.05, 4.69) is 4.18 Å². The Balaban J connectivity index is 1.63. The van der Waals surface area contributed by atoms with Crippen LogP contribution in [-0.2, 0) is 25.9 Å². The van der Waals surface area contributed by atoms with Gasteiger partial charge in [-0.2, -0.15) is 21.6 Å². The molecule has 12 heteroatoms. The predicted molar refractivity (Wildman–Crippen MR) is 153 cm³/mol. The molecule has 1 saturated heterocycles. The zero-order valence-electron chi connectivity index (χ0n) is 23.6. The molecule has 0 radical (unpaired) electrons. The van der Waals surface area contributed by atoms with Crippen LogP contribution >= 0.6 is 0 Å². The maximum absolute atomic E-state index is 13.8. The monoisotopic (exact) mass is 619 g/mol. The first-order valence-corrected chi connectivity index (χ1v) is 17.9. The Hall–Kier alpha value is -3.38. The van der Waals surface area contributed by atoms with Crippen molar-refractivity contribution >= 4 is 40.2 Å². The molecular weight excluding hydrogens is 590 g/mol. The van der Waals surface area contributed by atoms with Gasteiger partial charge < -0.3 is 13.8 Å². The fourth-order valence-corrected chi connectivity index (χ4v) is 9.80. The third-order valence-electron chi connectivity index (χ3n) is 8.52. The number of esters is 1. The maximum Gasteiger partial charge on any atom is 0.534 e. The van der Waals surface area contributed by atoms with Gasteiger partial charge in [-0.3, -0.25) is 0 Å². The topological polar surface area (TPSA) is 72.9 Å². The minimum absolute atomic E-state index is 0.239. The van der Waals surface area contributed by atoms with Gasteiger partial charge in [0.05, 0.1) is 18.7 Å². The SMILES string of the molecule is CC(C)(C)c1ccc2c(c1)C1(OC2=O)c2ccc(OS(=O)(=O)C(F)(F)F)cc2[Si](C)(C)c2cc(N3CC(F)C3)ccc21. The van der Waals surface area contributed by atoms with Crippen LogP contribution in [0.25, 0.3) is 0 Å². The van der Waals surface area contributed by atoms with E-state index in [1.807, 2.05) is 69.1 Å². The van der Waals surface area contributed by atoms with Crippen LogP contribution in [0.2, 0.25) is 13.1 Å².